The molecule has 0 spiro atoms. The minimum absolute atomic E-state index is 0.00951. The van der Waals surface area contributed by atoms with Crippen molar-refractivity contribution in [2.45, 2.75) is 32.2 Å². The van der Waals surface area contributed by atoms with Gasteiger partial charge >= 0.3 is 5.97 Å². The Morgan fingerprint density at radius 1 is 0.905 bits per heavy atom. The molecule has 4 aromatic carbocycles. The van der Waals surface area contributed by atoms with E-state index >= 15 is 0 Å². The molecule has 0 saturated carbocycles. The molecular weight excluding hydrogens is 552 g/mol. The van der Waals surface area contributed by atoms with Gasteiger partial charge in [0.1, 0.15) is 11.8 Å². The molecule has 0 unspecified atom stereocenters. The third kappa shape index (κ3) is 8.21. The van der Waals surface area contributed by atoms with Crippen LogP contribution in [0.25, 0.3) is 0 Å². The van der Waals surface area contributed by atoms with E-state index in [1.807, 2.05) is 37.3 Å². The number of carbonyl (C=O) groups excluding carboxylic acids is 2. The van der Waals surface area contributed by atoms with Crippen molar-refractivity contribution in [3.63, 3.8) is 0 Å². The van der Waals surface area contributed by atoms with Crippen LogP contribution in [0, 0.1) is 0 Å². The molecule has 7 nitrogen and oxygen atoms in total. The van der Waals surface area contributed by atoms with E-state index in [1.165, 1.54) is 0 Å². The summed E-state index contributed by atoms with van der Waals surface area (Å²) in [4.78, 5) is 39.4. The number of anilines is 2. The van der Waals surface area contributed by atoms with Crippen LogP contribution in [-0.4, -0.2) is 42.0 Å². The molecule has 216 valence electrons. The largest absolute Gasteiger partial charge is 0.494 e. The van der Waals surface area contributed by atoms with Gasteiger partial charge in [0.05, 0.1) is 6.61 Å². The molecule has 4 aromatic rings. The molecule has 0 heterocycles. The van der Waals surface area contributed by atoms with E-state index in [0.717, 1.165) is 11.3 Å². The Labute approximate surface area is 250 Å². The maximum Gasteiger partial charge on any atom is 0.326 e. The molecule has 0 aliphatic carbocycles. The molecular formula is C34H33ClN2O5. The predicted molar refractivity (Wildman–Crippen MR) is 166 cm³/mol. The Hall–Kier alpha value is -4.62. The molecule has 0 saturated heterocycles. The van der Waals surface area contributed by atoms with Gasteiger partial charge in [-0.2, -0.15) is 0 Å². The number of carboxylic acids is 1. The molecule has 1 atom stereocenters. The van der Waals surface area contributed by atoms with Crippen LogP contribution in [0.15, 0.2) is 103 Å². The van der Waals surface area contributed by atoms with Gasteiger partial charge in [-0.25, -0.2) is 4.79 Å². The van der Waals surface area contributed by atoms with Crippen molar-refractivity contribution >= 4 is 40.6 Å². The standard InChI is InChI=1S/C34H33ClN2O5/c1-2-32(38)37(27-13-8-12-26(35)23-27)20-9-21-42-28-18-16-24(17-19-28)22-31(34(40)41)36-30-15-7-6-14-29(30)33(39)25-10-4-3-5-11-25/h3-8,10-19,23,31,36H,2,9,20-22H2,1H3,(H,40,41)/t31-/m0/s1. The molecule has 8 heteroatoms. The van der Waals surface area contributed by atoms with Crippen molar-refractivity contribution in [1.29, 1.82) is 0 Å². The number of hydrogen-bond donors (Lipinski definition) is 2. The summed E-state index contributed by atoms with van der Waals surface area (Å²) in [6.45, 7) is 2.72. The Morgan fingerprint density at radius 2 is 1.62 bits per heavy atom. The zero-order valence-corrected chi connectivity index (χ0v) is 24.1. The van der Waals surface area contributed by atoms with Crippen molar-refractivity contribution in [3.8, 4) is 5.75 Å². The highest BCUT2D eigenvalue weighted by atomic mass is 35.5. The van der Waals surface area contributed by atoms with Crippen LogP contribution in [0.3, 0.4) is 0 Å². The molecule has 0 aliphatic rings. The lowest BCUT2D eigenvalue weighted by atomic mass is 10.00. The molecule has 4 rings (SSSR count). The van der Waals surface area contributed by atoms with E-state index in [1.54, 1.807) is 77.7 Å². The first-order chi connectivity index (χ1) is 20.4. The molecule has 0 aromatic heterocycles. The minimum Gasteiger partial charge on any atom is -0.494 e. The second-order valence-corrected chi connectivity index (χ2v) is 10.1. The summed E-state index contributed by atoms with van der Waals surface area (Å²) in [5.41, 5.74) is 2.96. The number of amides is 1. The number of nitrogens with zero attached hydrogens (tertiary/aromatic N) is 1. The van der Waals surface area contributed by atoms with Gasteiger partial charge < -0.3 is 20.1 Å². The van der Waals surface area contributed by atoms with Gasteiger partial charge in [-0.3, -0.25) is 9.59 Å². The molecule has 2 N–H and O–H groups in total. The van der Waals surface area contributed by atoms with Crippen LogP contribution in [0.1, 0.15) is 41.3 Å². The lowest BCUT2D eigenvalue weighted by Crippen LogP contribution is -2.32. The second-order valence-electron chi connectivity index (χ2n) is 9.70. The summed E-state index contributed by atoms with van der Waals surface area (Å²) in [5.74, 6) is -0.550. The van der Waals surface area contributed by atoms with E-state index in [2.05, 4.69) is 5.32 Å². The number of benzene rings is 4. The third-order valence-corrected chi connectivity index (χ3v) is 6.95. The smallest absolute Gasteiger partial charge is 0.326 e. The average Bonchev–Trinajstić information content (AvgIpc) is 3.01. The first-order valence-corrected chi connectivity index (χ1v) is 14.2. The molecule has 0 radical (unpaired) electrons. The summed E-state index contributed by atoms with van der Waals surface area (Å²) >= 11 is 6.11. The topological polar surface area (TPSA) is 95.9 Å². The monoisotopic (exact) mass is 584 g/mol. The number of carboxylic acid groups (broad SMARTS) is 1. The molecule has 0 fully saturated rings. The summed E-state index contributed by atoms with van der Waals surface area (Å²) in [7, 11) is 0. The van der Waals surface area contributed by atoms with Gasteiger partial charge in [0.25, 0.3) is 0 Å². The maximum absolute atomic E-state index is 13.1. The fourth-order valence-corrected chi connectivity index (χ4v) is 4.73. The normalized spacial score (nSPS) is 11.4. The van der Waals surface area contributed by atoms with Gasteiger partial charge in [0, 0.05) is 46.9 Å². The fourth-order valence-electron chi connectivity index (χ4n) is 4.54. The van der Waals surface area contributed by atoms with Gasteiger partial charge in [0.2, 0.25) is 5.91 Å². The van der Waals surface area contributed by atoms with Crippen LogP contribution >= 0.6 is 11.6 Å². The highest BCUT2D eigenvalue weighted by molar-refractivity contribution is 6.30. The van der Waals surface area contributed by atoms with Gasteiger partial charge in [-0.05, 0) is 54.4 Å². The average molecular weight is 585 g/mol. The van der Waals surface area contributed by atoms with E-state index in [4.69, 9.17) is 16.3 Å². The van der Waals surface area contributed by atoms with Crippen molar-refractivity contribution in [1.82, 2.24) is 0 Å². The molecule has 42 heavy (non-hydrogen) atoms. The van der Waals surface area contributed by atoms with Crippen LogP contribution in [0.2, 0.25) is 5.02 Å². The van der Waals surface area contributed by atoms with Crippen molar-refractivity contribution < 1.29 is 24.2 Å². The van der Waals surface area contributed by atoms with Crippen molar-refractivity contribution in [2.75, 3.05) is 23.4 Å². The summed E-state index contributed by atoms with van der Waals surface area (Å²) < 4.78 is 5.88. The van der Waals surface area contributed by atoms with Gasteiger partial charge in [0.15, 0.2) is 5.78 Å². The number of ether oxygens (including phenoxy) is 1. The summed E-state index contributed by atoms with van der Waals surface area (Å²) in [5, 5.41) is 13.6. The zero-order chi connectivity index (χ0) is 29.9. The quantitative estimate of drug-likeness (QED) is 0.124. The van der Waals surface area contributed by atoms with E-state index in [0.29, 0.717) is 53.6 Å². The Morgan fingerprint density at radius 3 is 2.31 bits per heavy atom. The number of para-hydroxylation sites is 1. The number of rotatable bonds is 14. The molecule has 0 bridgehead atoms. The summed E-state index contributed by atoms with van der Waals surface area (Å²) in [6, 6.07) is 29.3. The van der Waals surface area contributed by atoms with Crippen LogP contribution in [-0.2, 0) is 16.0 Å². The summed E-state index contributed by atoms with van der Waals surface area (Å²) in [6.07, 6.45) is 1.21. The number of halogens is 1. The van der Waals surface area contributed by atoms with Crippen LogP contribution in [0.4, 0.5) is 11.4 Å². The van der Waals surface area contributed by atoms with Gasteiger partial charge in [-0.1, -0.05) is 79.2 Å². The SMILES string of the molecule is CCC(=O)N(CCCOc1ccc(C[C@H](Nc2ccccc2C(=O)c2ccccc2)C(=O)O)cc1)c1cccc(Cl)c1. The van der Waals surface area contributed by atoms with Gasteiger partial charge in [-0.15, -0.1) is 0 Å². The zero-order valence-electron chi connectivity index (χ0n) is 23.3. The highest BCUT2D eigenvalue weighted by Gasteiger charge is 2.21. The second kappa shape index (κ2) is 14.8. The van der Waals surface area contributed by atoms with Crippen LogP contribution in [0.5, 0.6) is 5.75 Å². The molecule has 0 aliphatic heterocycles. The first kappa shape index (κ1) is 30.3. The number of aliphatic carboxylic acids is 1. The first-order valence-electron chi connectivity index (χ1n) is 13.8. The van der Waals surface area contributed by atoms with Crippen molar-refractivity contribution in [2.24, 2.45) is 0 Å². The van der Waals surface area contributed by atoms with Crippen LogP contribution < -0.4 is 15.0 Å². The third-order valence-electron chi connectivity index (χ3n) is 6.72. The number of nitrogens with one attached hydrogen (secondary N) is 1. The lowest BCUT2D eigenvalue weighted by molar-refractivity contribution is -0.137. The number of ketones is 1. The fraction of sp³-hybridized carbons (Fsp3) is 0.206. The Balaban J connectivity index is 1.34. The van der Waals surface area contributed by atoms with Crippen molar-refractivity contribution in [3.05, 3.63) is 125 Å². The van der Waals surface area contributed by atoms with E-state index in [9.17, 15) is 19.5 Å². The maximum atomic E-state index is 13.1. The lowest BCUT2D eigenvalue weighted by Gasteiger charge is -2.22. The Kier molecular flexibility index (Phi) is 10.7. The number of hydrogen-bond acceptors (Lipinski definition) is 5. The van der Waals surface area contributed by atoms with E-state index in [-0.39, 0.29) is 18.1 Å². The van der Waals surface area contributed by atoms with E-state index < -0.39 is 12.0 Å². The molecule has 1 amide bonds. The number of carbonyl (C=O) groups is 3. The predicted octanol–water partition coefficient (Wildman–Crippen LogP) is 6.89. The highest BCUT2D eigenvalue weighted by Crippen LogP contribution is 2.23. The minimum atomic E-state index is -1.02. The Bertz CT molecular complexity index is 1510.